The van der Waals surface area contributed by atoms with Crippen LogP contribution in [0.4, 0.5) is 5.69 Å². The Labute approximate surface area is 246 Å². The number of thiazole rings is 1. The molecule has 0 unspecified atom stereocenters. The lowest BCUT2D eigenvalue weighted by atomic mass is 9.96. The Bertz CT molecular complexity index is 1920. The summed E-state index contributed by atoms with van der Waals surface area (Å²) in [5.74, 6) is 0.878. The summed E-state index contributed by atoms with van der Waals surface area (Å²) in [6, 6.07) is 12.5. The number of nitro benzene ring substituents is 1. The van der Waals surface area contributed by atoms with Crippen molar-refractivity contribution in [2.24, 2.45) is 4.99 Å². The van der Waals surface area contributed by atoms with E-state index in [1.54, 1.807) is 63.4 Å². The number of fused-ring (bicyclic) bond motifs is 1. The van der Waals surface area contributed by atoms with Crippen molar-refractivity contribution in [3.05, 3.63) is 111 Å². The number of aryl methyl sites for hydroxylation is 1. The molecule has 41 heavy (non-hydrogen) atoms. The van der Waals surface area contributed by atoms with Gasteiger partial charge in [0.05, 0.1) is 45.0 Å². The van der Waals surface area contributed by atoms with Gasteiger partial charge in [-0.05, 0) is 72.1 Å². The number of nitrogens with zero attached hydrogens (tertiary/aromatic N) is 3. The number of allylic oxidation sites excluding steroid dienone is 1. The number of nitro groups is 1. The lowest BCUT2D eigenvalue weighted by molar-refractivity contribution is -0.384. The van der Waals surface area contributed by atoms with E-state index in [1.807, 2.05) is 6.92 Å². The van der Waals surface area contributed by atoms with E-state index in [0.717, 1.165) is 5.56 Å². The van der Waals surface area contributed by atoms with Crippen molar-refractivity contribution in [2.75, 3.05) is 13.7 Å². The molecule has 0 saturated carbocycles. The number of hydrogen-bond donors (Lipinski definition) is 0. The van der Waals surface area contributed by atoms with Gasteiger partial charge in [-0.1, -0.05) is 23.5 Å². The second kappa shape index (κ2) is 11.3. The number of benzene rings is 2. The fourth-order valence-corrected chi connectivity index (χ4v) is 6.24. The molecule has 2 aromatic heterocycles. The Kier molecular flexibility index (Phi) is 7.78. The average Bonchev–Trinajstić information content (AvgIpc) is 3.52. The number of rotatable bonds is 7. The van der Waals surface area contributed by atoms with Gasteiger partial charge in [-0.15, -0.1) is 0 Å². The molecule has 3 heterocycles. The van der Waals surface area contributed by atoms with Crippen molar-refractivity contribution >= 4 is 45.0 Å². The van der Waals surface area contributed by atoms with E-state index in [2.05, 4.69) is 20.9 Å². The minimum absolute atomic E-state index is 0.0465. The third-order valence-corrected chi connectivity index (χ3v) is 8.21. The smallest absolute Gasteiger partial charge is 0.338 e. The maximum atomic E-state index is 13.8. The van der Waals surface area contributed by atoms with Crippen LogP contribution in [0.3, 0.4) is 0 Å². The maximum Gasteiger partial charge on any atom is 0.338 e. The number of esters is 1. The molecule has 1 aliphatic heterocycles. The topological polar surface area (TPSA) is 126 Å². The molecule has 10 nitrogen and oxygen atoms in total. The molecule has 0 amide bonds. The highest BCUT2D eigenvalue weighted by molar-refractivity contribution is 9.10. The van der Waals surface area contributed by atoms with Crippen LogP contribution >= 0.6 is 27.3 Å². The minimum Gasteiger partial charge on any atom is -0.496 e. The van der Waals surface area contributed by atoms with E-state index in [4.69, 9.17) is 13.9 Å². The molecule has 12 heteroatoms. The number of carbonyl (C=O) groups is 1. The first kappa shape index (κ1) is 28.2. The van der Waals surface area contributed by atoms with Gasteiger partial charge in [0.15, 0.2) is 4.80 Å². The molecule has 0 bridgehead atoms. The van der Waals surface area contributed by atoms with Gasteiger partial charge in [0, 0.05) is 23.8 Å². The second-order valence-corrected chi connectivity index (χ2v) is 11.0. The summed E-state index contributed by atoms with van der Waals surface area (Å²) >= 11 is 4.67. The molecule has 0 saturated heterocycles. The first-order valence-corrected chi connectivity index (χ1v) is 14.1. The predicted octanol–water partition coefficient (Wildman–Crippen LogP) is 5.05. The Morgan fingerprint density at radius 2 is 2.00 bits per heavy atom. The third-order valence-electron chi connectivity index (χ3n) is 6.61. The highest BCUT2D eigenvalue weighted by Crippen LogP contribution is 2.35. The zero-order valence-corrected chi connectivity index (χ0v) is 24.9. The van der Waals surface area contributed by atoms with Gasteiger partial charge in [0.1, 0.15) is 17.3 Å². The fraction of sp³-hybridized carbons (Fsp3) is 0.207. The molecule has 5 rings (SSSR count). The highest BCUT2D eigenvalue weighted by atomic mass is 79.9. The van der Waals surface area contributed by atoms with E-state index in [0.29, 0.717) is 47.9 Å². The van der Waals surface area contributed by atoms with Crippen LogP contribution in [0.5, 0.6) is 5.75 Å². The monoisotopic (exact) mass is 637 g/mol. The average molecular weight is 638 g/mol. The van der Waals surface area contributed by atoms with Gasteiger partial charge in [0.25, 0.3) is 11.2 Å². The Morgan fingerprint density at radius 1 is 1.22 bits per heavy atom. The summed E-state index contributed by atoms with van der Waals surface area (Å²) in [5.41, 5.74) is 2.38. The lowest BCUT2D eigenvalue weighted by Gasteiger charge is -2.25. The van der Waals surface area contributed by atoms with E-state index in [-0.39, 0.29) is 23.4 Å². The maximum absolute atomic E-state index is 13.8. The number of halogens is 1. The Balaban J connectivity index is 1.64. The quantitative estimate of drug-likeness (QED) is 0.158. The van der Waals surface area contributed by atoms with Gasteiger partial charge in [-0.2, -0.15) is 0 Å². The van der Waals surface area contributed by atoms with Crippen molar-refractivity contribution in [2.45, 2.75) is 26.8 Å². The summed E-state index contributed by atoms with van der Waals surface area (Å²) in [7, 11) is 1.55. The molecule has 0 N–H and O–H groups in total. The van der Waals surface area contributed by atoms with Crippen molar-refractivity contribution in [1.82, 2.24) is 4.57 Å². The van der Waals surface area contributed by atoms with Crippen LogP contribution in [0.15, 0.2) is 78.5 Å². The second-order valence-electron chi connectivity index (χ2n) is 9.15. The highest BCUT2D eigenvalue weighted by Gasteiger charge is 2.33. The molecule has 2 aromatic carbocycles. The minimum atomic E-state index is -0.783. The molecular weight excluding hydrogens is 614 g/mol. The molecular formula is C29H24BrN3O7S. The van der Waals surface area contributed by atoms with Gasteiger partial charge in [0.2, 0.25) is 0 Å². The zero-order valence-electron chi connectivity index (χ0n) is 22.5. The summed E-state index contributed by atoms with van der Waals surface area (Å²) < 4.78 is 19.2. The SMILES string of the molecule is CCOC(=O)C1=C(C)N=c2s/c(=C/c3ccc(-c4cc([N+](=O)[O-])ccc4C)o3)c(=O)n2[C@@H]1c1ccc(OC)c(Br)c1. The number of carbonyl (C=O) groups excluding carboxylic acids is 1. The first-order chi connectivity index (χ1) is 19.6. The van der Waals surface area contributed by atoms with Crippen LogP contribution in [-0.2, 0) is 9.53 Å². The Morgan fingerprint density at radius 3 is 2.68 bits per heavy atom. The summed E-state index contributed by atoms with van der Waals surface area (Å²) in [6.45, 7) is 5.44. The largest absolute Gasteiger partial charge is 0.496 e. The van der Waals surface area contributed by atoms with Crippen molar-refractivity contribution in [3.63, 3.8) is 0 Å². The van der Waals surface area contributed by atoms with Crippen molar-refractivity contribution in [1.29, 1.82) is 0 Å². The van der Waals surface area contributed by atoms with Gasteiger partial charge in [-0.25, -0.2) is 9.79 Å². The van der Waals surface area contributed by atoms with Crippen LogP contribution in [0.1, 0.15) is 36.8 Å². The molecule has 0 aliphatic carbocycles. The van der Waals surface area contributed by atoms with Crippen LogP contribution in [0, 0.1) is 17.0 Å². The fourth-order valence-electron chi connectivity index (χ4n) is 4.65. The van der Waals surface area contributed by atoms with E-state index >= 15 is 0 Å². The molecule has 210 valence electrons. The molecule has 1 aliphatic rings. The van der Waals surface area contributed by atoms with Crippen LogP contribution in [0.2, 0.25) is 0 Å². The van der Waals surface area contributed by atoms with Crippen LogP contribution < -0.4 is 19.6 Å². The number of ether oxygens (including phenoxy) is 2. The molecule has 0 radical (unpaired) electrons. The van der Waals surface area contributed by atoms with Gasteiger partial charge >= 0.3 is 5.97 Å². The third kappa shape index (κ3) is 5.27. The van der Waals surface area contributed by atoms with E-state index in [1.165, 1.54) is 28.0 Å². The summed E-state index contributed by atoms with van der Waals surface area (Å²) in [6.07, 6.45) is 1.60. The van der Waals surface area contributed by atoms with Crippen molar-refractivity contribution in [3.8, 4) is 17.1 Å². The summed E-state index contributed by atoms with van der Waals surface area (Å²) in [5, 5.41) is 11.3. The molecule has 0 spiro atoms. The number of methoxy groups -OCH3 is 1. The van der Waals surface area contributed by atoms with Gasteiger partial charge < -0.3 is 13.9 Å². The number of hydrogen-bond acceptors (Lipinski definition) is 9. The number of furan rings is 1. The lowest BCUT2D eigenvalue weighted by Crippen LogP contribution is -2.39. The zero-order chi connectivity index (χ0) is 29.4. The Hall–Kier alpha value is -4.29. The van der Waals surface area contributed by atoms with Crippen molar-refractivity contribution < 1.29 is 23.6 Å². The summed E-state index contributed by atoms with van der Waals surface area (Å²) in [4.78, 5) is 42.8. The molecule has 0 fully saturated rings. The molecule has 1 atom stereocenters. The normalized spacial score (nSPS) is 15.0. The first-order valence-electron chi connectivity index (χ1n) is 12.5. The van der Waals surface area contributed by atoms with Crippen LogP contribution in [0.25, 0.3) is 17.4 Å². The standard InChI is InChI=1S/C29H24BrN3O7S/c1-5-39-28(35)25-16(3)31-29-32(26(25)17-7-10-23(38-4)21(30)12-17)27(34)24(41-29)14-19-9-11-22(40-19)20-13-18(33(36)37)8-6-15(20)2/h6-14,26H,5H2,1-4H3/b24-14+/t26-/m1/s1. The van der Waals surface area contributed by atoms with E-state index in [9.17, 15) is 19.7 Å². The molecule has 4 aromatic rings. The van der Waals surface area contributed by atoms with Gasteiger partial charge in [-0.3, -0.25) is 19.5 Å². The number of aromatic nitrogens is 1. The van der Waals surface area contributed by atoms with Crippen LogP contribution in [-0.4, -0.2) is 29.2 Å². The van der Waals surface area contributed by atoms with E-state index < -0.39 is 16.9 Å². The predicted molar refractivity (Wildman–Crippen MR) is 157 cm³/mol. The number of non-ortho nitro benzene ring substituents is 1.